The number of thioether (sulfide) groups is 1. The normalized spacial score (nSPS) is 16.8. The largest absolute Gasteiger partial charge is 0.533 e. The number of aromatic nitrogens is 3. The number of anilines is 1. The number of fused-ring (bicyclic) bond motifs is 2. The number of pyridine rings is 1. The van der Waals surface area contributed by atoms with E-state index in [4.69, 9.17) is 9.57 Å². The second-order valence-corrected chi connectivity index (χ2v) is 9.78. The first-order valence-corrected chi connectivity index (χ1v) is 11.4. The van der Waals surface area contributed by atoms with Gasteiger partial charge in [0.2, 0.25) is 0 Å². The van der Waals surface area contributed by atoms with Gasteiger partial charge >= 0.3 is 6.16 Å². The van der Waals surface area contributed by atoms with Crippen molar-refractivity contribution in [3.05, 3.63) is 52.8 Å². The Balaban J connectivity index is 1.41. The van der Waals surface area contributed by atoms with Crippen molar-refractivity contribution < 1.29 is 24.0 Å². The molecule has 0 spiro atoms. The van der Waals surface area contributed by atoms with E-state index >= 15 is 0 Å². The standard InChI is InChI=1S/C23H21N5O5S/c1-23(2,3)32-22(31)33-28-9-8-13-10-15(5-7-17(13)28)27-12-24-16-6-4-14(25-19(16)27)11-18-20(29)26-21(30)34-18/h4-7,10-12H,8-9H2,1-3H3,(H,26,29,30). The summed E-state index contributed by atoms with van der Waals surface area (Å²) in [5, 5.41) is 3.37. The number of benzene rings is 1. The molecule has 174 valence electrons. The van der Waals surface area contributed by atoms with Gasteiger partial charge in [-0.2, -0.15) is 0 Å². The molecule has 2 aliphatic rings. The molecule has 0 aliphatic carbocycles. The minimum atomic E-state index is -0.744. The summed E-state index contributed by atoms with van der Waals surface area (Å²) < 4.78 is 7.09. The highest BCUT2D eigenvalue weighted by atomic mass is 32.2. The molecule has 3 aromatic rings. The molecular formula is C23H21N5O5S. The van der Waals surface area contributed by atoms with E-state index in [0.717, 1.165) is 28.7 Å². The molecule has 2 aliphatic heterocycles. The molecule has 10 nitrogen and oxygen atoms in total. The zero-order chi connectivity index (χ0) is 24.0. The van der Waals surface area contributed by atoms with E-state index in [1.54, 1.807) is 39.2 Å². The van der Waals surface area contributed by atoms with Gasteiger partial charge in [-0.1, -0.05) is 0 Å². The summed E-state index contributed by atoms with van der Waals surface area (Å²) in [7, 11) is 0. The van der Waals surface area contributed by atoms with Crippen molar-refractivity contribution in [2.75, 3.05) is 11.6 Å². The molecule has 2 amide bonds. The quantitative estimate of drug-likeness (QED) is 0.440. The summed E-state index contributed by atoms with van der Waals surface area (Å²) in [6.45, 7) is 5.87. The second-order valence-electron chi connectivity index (χ2n) is 8.77. The number of imidazole rings is 1. The number of rotatable bonds is 3. The van der Waals surface area contributed by atoms with Gasteiger partial charge in [0, 0.05) is 5.69 Å². The smallest absolute Gasteiger partial charge is 0.427 e. The maximum Gasteiger partial charge on any atom is 0.533 e. The lowest BCUT2D eigenvalue weighted by Crippen LogP contribution is -2.31. The number of nitrogens with one attached hydrogen (secondary N) is 1. The van der Waals surface area contributed by atoms with Crippen LogP contribution in [-0.2, 0) is 20.8 Å². The van der Waals surface area contributed by atoms with E-state index in [2.05, 4.69) is 15.3 Å². The van der Waals surface area contributed by atoms with Crippen molar-refractivity contribution in [3.63, 3.8) is 0 Å². The van der Waals surface area contributed by atoms with Crippen LogP contribution in [0.3, 0.4) is 0 Å². The minimum Gasteiger partial charge on any atom is -0.427 e. The molecule has 0 saturated carbocycles. The van der Waals surface area contributed by atoms with Crippen LogP contribution in [0.5, 0.6) is 0 Å². The van der Waals surface area contributed by atoms with Crippen LogP contribution in [0.15, 0.2) is 41.6 Å². The molecule has 11 heteroatoms. The third kappa shape index (κ3) is 4.34. The van der Waals surface area contributed by atoms with Crippen molar-refractivity contribution in [2.45, 2.75) is 32.8 Å². The molecule has 1 N–H and O–H groups in total. The number of imide groups is 1. The average Bonchev–Trinajstić information content (AvgIpc) is 3.43. The highest BCUT2D eigenvalue weighted by Gasteiger charge is 2.27. The number of hydroxylamine groups is 1. The summed E-state index contributed by atoms with van der Waals surface area (Å²) >= 11 is 0.847. The SMILES string of the molecule is CC(C)(C)OC(=O)ON1CCc2cc(-n3cnc4ccc(C=C5SC(=O)NC5=O)nc43)ccc21. The number of amides is 2. The van der Waals surface area contributed by atoms with Gasteiger partial charge in [-0.15, -0.1) is 0 Å². The lowest BCUT2D eigenvalue weighted by Gasteiger charge is -2.22. The molecular weight excluding hydrogens is 458 g/mol. The van der Waals surface area contributed by atoms with Gasteiger partial charge in [0.15, 0.2) is 5.65 Å². The molecule has 1 aromatic carbocycles. The Morgan fingerprint density at radius 1 is 1.21 bits per heavy atom. The molecule has 1 fully saturated rings. The van der Waals surface area contributed by atoms with Crippen LogP contribution in [0.1, 0.15) is 32.0 Å². The topological polar surface area (TPSA) is 116 Å². The van der Waals surface area contributed by atoms with Crippen molar-refractivity contribution >= 4 is 52.0 Å². The fraction of sp³-hybridized carbons (Fsp3) is 0.261. The maximum atomic E-state index is 12.1. The van der Waals surface area contributed by atoms with E-state index < -0.39 is 22.9 Å². The molecule has 4 heterocycles. The Bertz CT molecular complexity index is 1370. The predicted molar refractivity (Wildman–Crippen MR) is 126 cm³/mol. The van der Waals surface area contributed by atoms with Crippen molar-refractivity contribution in [3.8, 4) is 5.69 Å². The van der Waals surface area contributed by atoms with Gasteiger partial charge < -0.3 is 9.57 Å². The van der Waals surface area contributed by atoms with Gasteiger partial charge in [-0.25, -0.2) is 19.8 Å². The number of nitrogens with zero attached hydrogens (tertiary/aromatic N) is 4. The number of hydrogen-bond acceptors (Lipinski definition) is 9. The highest BCUT2D eigenvalue weighted by Crippen LogP contribution is 2.32. The number of carbonyl (C=O) groups excluding carboxylic acids is 3. The molecule has 5 rings (SSSR count). The first-order valence-electron chi connectivity index (χ1n) is 10.6. The van der Waals surface area contributed by atoms with Crippen LogP contribution in [-0.4, -0.2) is 44.0 Å². The third-order valence-electron chi connectivity index (χ3n) is 5.11. The molecule has 0 unspecified atom stereocenters. The zero-order valence-electron chi connectivity index (χ0n) is 18.7. The fourth-order valence-corrected chi connectivity index (χ4v) is 4.36. The Morgan fingerprint density at radius 2 is 2.03 bits per heavy atom. The molecule has 0 atom stereocenters. The zero-order valence-corrected chi connectivity index (χ0v) is 19.5. The summed E-state index contributed by atoms with van der Waals surface area (Å²) in [5.74, 6) is -0.429. The van der Waals surface area contributed by atoms with E-state index in [-0.39, 0.29) is 0 Å². The van der Waals surface area contributed by atoms with Crippen LogP contribution < -0.4 is 10.4 Å². The Labute approximate surface area is 198 Å². The first kappa shape index (κ1) is 22.0. The van der Waals surface area contributed by atoms with Gasteiger partial charge in [0.1, 0.15) is 17.4 Å². The van der Waals surface area contributed by atoms with Crippen molar-refractivity contribution in [2.24, 2.45) is 0 Å². The molecule has 1 saturated heterocycles. The Kier molecular flexibility index (Phi) is 5.28. The lowest BCUT2D eigenvalue weighted by atomic mass is 10.1. The van der Waals surface area contributed by atoms with Gasteiger partial charge in [-0.05, 0) is 80.9 Å². The van der Waals surface area contributed by atoms with Crippen LogP contribution in [0.2, 0.25) is 0 Å². The van der Waals surface area contributed by atoms with E-state index in [9.17, 15) is 14.4 Å². The van der Waals surface area contributed by atoms with E-state index in [1.165, 1.54) is 5.06 Å². The van der Waals surface area contributed by atoms with Crippen molar-refractivity contribution in [1.82, 2.24) is 19.9 Å². The number of hydrogen-bond donors (Lipinski definition) is 1. The first-order chi connectivity index (χ1) is 16.2. The van der Waals surface area contributed by atoms with Crippen LogP contribution in [0, 0.1) is 0 Å². The van der Waals surface area contributed by atoms with Crippen LogP contribution in [0.25, 0.3) is 22.9 Å². The van der Waals surface area contributed by atoms with Gasteiger partial charge in [-0.3, -0.25) is 19.5 Å². The highest BCUT2D eigenvalue weighted by molar-refractivity contribution is 8.18. The third-order valence-corrected chi connectivity index (χ3v) is 5.92. The average molecular weight is 480 g/mol. The van der Waals surface area contributed by atoms with Gasteiger partial charge in [0.25, 0.3) is 11.1 Å². The van der Waals surface area contributed by atoms with Crippen LogP contribution >= 0.6 is 11.8 Å². The second kappa shape index (κ2) is 8.17. The lowest BCUT2D eigenvalue weighted by molar-refractivity contribution is -0.115. The summed E-state index contributed by atoms with van der Waals surface area (Å²) in [5.41, 5.74) is 3.87. The number of ether oxygens (including phenoxy) is 1. The monoisotopic (exact) mass is 479 g/mol. The maximum absolute atomic E-state index is 12.1. The van der Waals surface area contributed by atoms with Crippen molar-refractivity contribution in [1.29, 1.82) is 0 Å². The van der Waals surface area contributed by atoms with Gasteiger partial charge in [0.05, 0.1) is 22.8 Å². The number of carbonyl (C=O) groups is 3. The minimum absolute atomic E-state index is 0.297. The molecule has 34 heavy (non-hydrogen) atoms. The Morgan fingerprint density at radius 3 is 2.76 bits per heavy atom. The Hall–Kier alpha value is -3.86. The molecule has 2 aromatic heterocycles. The molecule has 0 radical (unpaired) electrons. The fourth-order valence-electron chi connectivity index (χ4n) is 3.69. The summed E-state index contributed by atoms with van der Waals surface area (Å²) in [6, 6.07) is 9.33. The molecule has 0 bridgehead atoms. The predicted octanol–water partition coefficient (Wildman–Crippen LogP) is 3.97. The van der Waals surface area contributed by atoms with E-state index in [0.29, 0.717) is 34.7 Å². The van der Waals surface area contributed by atoms with E-state index in [1.807, 2.05) is 28.8 Å². The van der Waals surface area contributed by atoms with Crippen LogP contribution in [0.4, 0.5) is 15.3 Å². The summed E-state index contributed by atoms with van der Waals surface area (Å²) in [6.07, 6.45) is 3.22. The summed E-state index contributed by atoms with van der Waals surface area (Å²) in [4.78, 5) is 50.1.